The fraction of sp³-hybridized carbons (Fsp3) is 0.286. The zero-order chi connectivity index (χ0) is 19.2. The maximum absolute atomic E-state index is 5.73. The van der Waals surface area contributed by atoms with Crippen molar-refractivity contribution < 1.29 is 9.47 Å². The van der Waals surface area contributed by atoms with Gasteiger partial charge in [0.05, 0.1) is 19.9 Å². The summed E-state index contributed by atoms with van der Waals surface area (Å²) >= 11 is 0. The van der Waals surface area contributed by atoms with E-state index in [1.165, 1.54) is 5.56 Å². The highest BCUT2D eigenvalue weighted by Gasteiger charge is 2.20. The standard InChI is InChI=1S/C21H23N5O2/c1-27-17-8-10-18(11-9-17)28-14-12-22-20-15-23-25-21(24-20)26-13-4-6-16-5-2-3-7-19(16)26/h2-3,5,7-11,15H,4,6,12-14H2,1H3,(H,22,24,25). The lowest BCUT2D eigenvalue weighted by Gasteiger charge is -2.29. The molecule has 3 aromatic rings. The first-order valence-electron chi connectivity index (χ1n) is 9.39. The third-order valence-electron chi connectivity index (χ3n) is 4.64. The number of aromatic nitrogens is 3. The smallest absolute Gasteiger partial charge is 0.251 e. The van der Waals surface area contributed by atoms with Gasteiger partial charge in [0.1, 0.15) is 18.1 Å². The second-order valence-corrected chi connectivity index (χ2v) is 6.48. The van der Waals surface area contributed by atoms with E-state index in [1.54, 1.807) is 13.3 Å². The molecule has 4 rings (SSSR count). The molecule has 1 aliphatic heterocycles. The average Bonchev–Trinajstić information content (AvgIpc) is 2.77. The van der Waals surface area contributed by atoms with Gasteiger partial charge >= 0.3 is 0 Å². The van der Waals surface area contributed by atoms with Gasteiger partial charge in [0.2, 0.25) is 0 Å². The summed E-state index contributed by atoms with van der Waals surface area (Å²) in [6, 6.07) is 15.9. The molecule has 0 atom stereocenters. The van der Waals surface area contributed by atoms with Crippen LogP contribution in [0.15, 0.2) is 54.7 Å². The van der Waals surface area contributed by atoms with Crippen LogP contribution in [0.25, 0.3) is 0 Å². The van der Waals surface area contributed by atoms with Crippen LogP contribution in [-0.2, 0) is 6.42 Å². The van der Waals surface area contributed by atoms with Crippen LogP contribution in [0, 0.1) is 0 Å². The second kappa shape index (κ2) is 8.56. The predicted octanol–water partition coefficient (Wildman–Crippen LogP) is 3.46. The van der Waals surface area contributed by atoms with Crippen LogP contribution >= 0.6 is 0 Å². The first-order valence-corrected chi connectivity index (χ1v) is 9.39. The van der Waals surface area contributed by atoms with Crippen molar-refractivity contribution in [3.8, 4) is 11.5 Å². The van der Waals surface area contributed by atoms with E-state index < -0.39 is 0 Å². The van der Waals surface area contributed by atoms with Crippen molar-refractivity contribution in [2.24, 2.45) is 0 Å². The van der Waals surface area contributed by atoms with Crippen molar-refractivity contribution >= 4 is 17.5 Å². The van der Waals surface area contributed by atoms with Crippen molar-refractivity contribution in [3.05, 3.63) is 60.3 Å². The second-order valence-electron chi connectivity index (χ2n) is 6.48. The molecule has 0 fully saturated rings. The first-order chi connectivity index (χ1) is 13.8. The Morgan fingerprint density at radius 2 is 1.89 bits per heavy atom. The van der Waals surface area contributed by atoms with Crippen molar-refractivity contribution in [2.75, 3.05) is 37.0 Å². The normalized spacial score (nSPS) is 13.0. The van der Waals surface area contributed by atoms with E-state index >= 15 is 0 Å². The zero-order valence-corrected chi connectivity index (χ0v) is 15.8. The Labute approximate surface area is 164 Å². The maximum atomic E-state index is 5.73. The van der Waals surface area contributed by atoms with Gasteiger partial charge in [-0.3, -0.25) is 0 Å². The first kappa shape index (κ1) is 18.0. The molecule has 2 aromatic carbocycles. The Morgan fingerprint density at radius 3 is 2.75 bits per heavy atom. The number of hydrogen-bond donors (Lipinski definition) is 1. The van der Waals surface area contributed by atoms with Gasteiger partial charge in [-0.05, 0) is 48.7 Å². The highest BCUT2D eigenvalue weighted by molar-refractivity contribution is 5.63. The molecule has 1 aliphatic rings. The molecular weight excluding hydrogens is 354 g/mol. The number of nitrogens with zero attached hydrogens (tertiary/aromatic N) is 4. The van der Waals surface area contributed by atoms with Gasteiger partial charge in [-0.1, -0.05) is 18.2 Å². The quantitative estimate of drug-likeness (QED) is 0.632. The number of para-hydroxylation sites is 1. The molecule has 0 aliphatic carbocycles. The predicted molar refractivity (Wildman–Crippen MR) is 109 cm³/mol. The van der Waals surface area contributed by atoms with Crippen LogP contribution in [0.5, 0.6) is 11.5 Å². The Bertz CT molecular complexity index is 917. The van der Waals surface area contributed by atoms with E-state index in [4.69, 9.17) is 9.47 Å². The highest BCUT2D eigenvalue weighted by atomic mass is 16.5. The molecule has 0 saturated carbocycles. The number of ether oxygens (including phenoxy) is 2. The minimum Gasteiger partial charge on any atom is -0.497 e. The number of rotatable bonds is 7. The van der Waals surface area contributed by atoms with Gasteiger partial charge in [-0.25, -0.2) is 0 Å². The summed E-state index contributed by atoms with van der Waals surface area (Å²) in [4.78, 5) is 6.76. The molecule has 0 spiro atoms. The van der Waals surface area contributed by atoms with E-state index in [9.17, 15) is 0 Å². The summed E-state index contributed by atoms with van der Waals surface area (Å²) in [5.74, 6) is 2.91. The van der Waals surface area contributed by atoms with Gasteiger partial charge in [-0.15, -0.1) is 5.10 Å². The van der Waals surface area contributed by atoms with E-state index in [0.717, 1.165) is 36.6 Å². The largest absolute Gasteiger partial charge is 0.497 e. The molecular formula is C21H23N5O2. The fourth-order valence-corrected chi connectivity index (χ4v) is 3.25. The Kier molecular flexibility index (Phi) is 5.51. The molecule has 1 aromatic heterocycles. The molecule has 1 N–H and O–H groups in total. The fourth-order valence-electron chi connectivity index (χ4n) is 3.25. The number of nitrogens with one attached hydrogen (secondary N) is 1. The van der Waals surface area contributed by atoms with Crippen molar-refractivity contribution in [1.82, 2.24) is 15.2 Å². The Hall–Kier alpha value is -3.35. The summed E-state index contributed by atoms with van der Waals surface area (Å²) in [6.45, 7) is 2.02. The molecule has 28 heavy (non-hydrogen) atoms. The van der Waals surface area contributed by atoms with Gasteiger partial charge in [0.25, 0.3) is 5.95 Å². The number of benzene rings is 2. The van der Waals surface area contributed by atoms with Crippen molar-refractivity contribution in [1.29, 1.82) is 0 Å². The monoisotopic (exact) mass is 377 g/mol. The van der Waals surface area contributed by atoms with Crippen molar-refractivity contribution in [3.63, 3.8) is 0 Å². The van der Waals surface area contributed by atoms with Gasteiger partial charge in [0.15, 0.2) is 5.82 Å². The minimum absolute atomic E-state index is 0.512. The third kappa shape index (κ3) is 4.14. The average molecular weight is 377 g/mol. The number of aryl methyl sites for hydroxylation is 1. The summed E-state index contributed by atoms with van der Waals surface area (Å²) in [7, 11) is 1.65. The summed E-state index contributed by atoms with van der Waals surface area (Å²) in [6.07, 6.45) is 3.79. The van der Waals surface area contributed by atoms with Crippen LogP contribution in [0.3, 0.4) is 0 Å². The van der Waals surface area contributed by atoms with E-state index in [0.29, 0.717) is 24.9 Å². The van der Waals surface area contributed by atoms with Crippen LogP contribution in [0.1, 0.15) is 12.0 Å². The zero-order valence-electron chi connectivity index (χ0n) is 15.8. The number of hydrogen-bond acceptors (Lipinski definition) is 7. The van der Waals surface area contributed by atoms with E-state index in [1.807, 2.05) is 30.3 Å². The lowest BCUT2D eigenvalue weighted by Crippen LogP contribution is -2.26. The lowest BCUT2D eigenvalue weighted by atomic mass is 10.0. The van der Waals surface area contributed by atoms with Crippen LogP contribution in [0.4, 0.5) is 17.5 Å². The lowest BCUT2D eigenvalue weighted by molar-refractivity contribution is 0.331. The Morgan fingerprint density at radius 1 is 1.07 bits per heavy atom. The summed E-state index contributed by atoms with van der Waals surface area (Å²) < 4.78 is 10.9. The maximum Gasteiger partial charge on any atom is 0.251 e. The number of methoxy groups -OCH3 is 1. The van der Waals surface area contributed by atoms with Gasteiger partial charge < -0.3 is 19.7 Å². The molecule has 0 saturated heterocycles. The van der Waals surface area contributed by atoms with Crippen molar-refractivity contribution in [2.45, 2.75) is 12.8 Å². The summed E-state index contributed by atoms with van der Waals surface area (Å²) in [5, 5.41) is 11.6. The molecule has 0 unspecified atom stereocenters. The van der Waals surface area contributed by atoms with Crippen LogP contribution < -0.4 is 19.7 Å². The molecule has 0 radical (unpaired) electrons. The summed E-state index contributed by atoms with van der Waals surface area (Å²) in [5.41, 5.74) is 2.49. The minimum atomic E-state index is 0.512. The van der Waals surface area contributed by atoms with Gasteiger partial charge in [-0.2, -0.15) is 10.1 Å². The van der Waals surface area contributed by atoms with E-state index in [-0.39, 0.29) is 0 Å². The number of anilines is 3. The molecule has 144 valence electrons. The Balaban J connectivity index is 1.35. The van der Waals surface area contributed by atoms with Gasteiger partial charge in [0, 0.05) is 12.2 Å². The number of fused-ring (bicyclic) bond motifs is 1. The SMILES string of the molecule is COc1ccc(OCCNc2cnnc(N3CCCc4ccccc43)n2)cc1. The highest BCUT2D eigenvalue weighted by Crippen LogP contribution is 2.31. The topological polar surface area (TPSA) is 72.4 Å². The molecule has 2 heterocycles. The molecule has 7 nitrogen and oxygen atoms in total. The molecule has 0 amide bonds. The molecule has 7 heteroatoms. The van der Waals surface area contributed by atoms with Crippen LogP contribution in [-0.4, -0.2) is 42.0 Å². The van der Waals surface area contributed by atoms with E-state index in [2.05, 4.69) is 43.6 Å². The molecule has 0 bridgehead atoms. The van der Waals surface area contributed by atoms with Crippen LogP contribution in [0.2, 0.25) is 0 Å². The third-order valence-corrected chi connectivity index (χ3v) is 4.64.